The molecule has 0 unspecified atom stereocenters. The maximum absolute atomic E-state index is 11.8. The van der Waals surface area contributed by atoms with E-state index >= 15 is 0 Å². The van der Waals surface area contributed by atoms with Gasteiger partial charge in [-0.15, -0.1) is 0 Å². The molecule has 0 fully saturated rings. The molecule has 0 saturated carbocycles. The summed E-state index contributed by atoms with van der Waals surface area (Å²) in [6.07, 6.45) is 2.59. The highest BCUT2D eigenvalue weighted by Gasteiger charge is 2.13. The Kier molecular flexibility index (Phi) is 3.86. The third-order valence-corrected chi connectivity index (χ3v) is 4.14. The van der Waals surface area contributed by atoms with Crippen LogP contribution in [0, 0.1) is 0 Å². The van der Waals surface area contributed by atoms with Crippen molar-refractivity contribution in [1.29, 1.82) is 0 Å². The highest BCUT2D eigenvalue weighted by atomic mass is 32.2. The monoisotopic (exact) mass is 295 g/mol. The zero-order valence-electron chi connectivity index (χ0n) is 10.6. The first-order valence-electron chi connectivity index (χ1n) is 5.82. The van der Waals surface area contributed by atoms with E-state index in [9.17, 15) is 13.2 Å². The van der Waals surface area contributed by atoms with Crippen molar-refractivity contribution < 1.29 is 18.3 Å². The molecule has 2 aromatic rings. The first-order chi connectivity index (χ1) is 9.44. The minimum atomic E-state index is -3.49. The number of hydrogen-bond acceptors (Lipinski definition) is 4. The maximum atomic E-state index is 11.8. The van der Waals surface area contributed by atoms with Gasteiger partial charge in [0.15, 0.2) is 0 Å². The van der Waals surface area contributed by atoms with E-state index in [1.807, 2.05) is 0 Å². The fraction of sp³-hybridized carbons (Fsp3) is 0.167. The van der Waals surface area contributed by atoms with Gasteiger partial charge in [-0.05, 0) is 24.3 Å². The van der Waals surface area contributed by atoms with E-state index in [4.69, 9.17) is 5.11 Å². The molecule has 20 heavy (non-hydrogen) atoms. The zero-order valence-corrected chi connectivity index (χ0v) is 11.5. The summed E-state index contributed by atoms with van der Waals surface area (Å²) < 4.78 is 27.3. The second-order valence-electron chi connectivity index (χ2n) is 3.97. The molecule has 1 aromatic heterocycles. The van der Waals surface area contributed by atoms with Gasteiger partial charge < -0.3 is 5.11 Å². The van der Waals surface area contributed by atoms with Crippen LogP contribution in [0.1, 0.15) is 17.3 Å². The van der Waals surface area contributed by atoms with Gasteiger partial charge in [-0.2, -0.15) is 5.10 Å². The van der Waals surface area contributed by atoms with Gasteiger partial charge in [-0.1, -0.05) is 6.92 Å². The molecule has 2 rings (SSSR count). The summed E-state index contributed by atoms with van der Waals surface area (Å²) in [5.74, 6) is -1.07. The number of rotatable bonds is 5. The number of carboxylic acid groups (broad SMARTS) is 1. The van der Waals surface area contributed by atoms with E-state index in [1.165, 1.54) is 29.2 Å². The molecule has 0 aliphatic rings. The van der Waals surface area contributed by atoms with E-state index in [1.54, 1.807) is 19.1 Å². The topological polar surface area (TPSA) is 101 Å². The zero-order chi connectivity index (χ0) is 14.8. The molecule has 0 aliphatic carbocycles. The summed E-state index contributed by atoms with van der Waals surface area (Å²) in [5, 5.41) is 12.7. The van der Waals surface area contributed by atoms with Crippen LogP contribution in [0.2, 0.25) is 0 Å². The number of nitrogens with one attached hydrogen (secondary N) is 1. The first-order valence-corrected chi connectivity index (χ1v) is 7.30. The fourth-order valence-corrected chi connectivity index (χ4v) is 2.67. The normalized spacial score (nSPS) is 11.4. The minimum Gasteiger partial charge on any atom is -0.478 e. The van der Waals surface area contributed by atoms with Crippen molar-refractivity contribution in [1.82, 2.24) is 14.5 Å². The number of sulfonamides is 1. The molecule has 0 spiro atoms. The SMILES string of the molecule is CCNS(=O)(=O)c1ccc(-n2cc(C(=O)O)cn2)cc1. The van der Waals surface area contributed by atoms with Gasteiger partial charge >= 0.3 is 5.97 Å². The Hall–Kier alpha value is -2.19. The number of nitrogens with zero attached hydrogens (tertiary/aromatic N) is 2. The Bertz CT molecular complexity index is 719. The summed E-state index contributed by atoms with van der Waals surface area (Å²) >= 11 is 0. The lowest BCUT2D eigenvalue weighted by molar-refractivity contribution is 0.0697. The van der Waals surface area contributed by atoms with Crippen LogP contribution < -0.4 is 4.72 Å². The van der Waals surface area contributed by atoms with Crippen molar-refractivity contribution in [3.8, 4) is 5.69 Å². The number of aromatic nitrogens is 2. The highest BCUT2D eigenvalue weighted by Crippen LogP contribution is 2.13. The summed E-state index contributed by atoms with van der Waals surface area (Å²) in [6.45, 7) is 2.01. The molecular weight excluding hydrogens is 282 g/mol. The average molecular weight is 295 g/mol. The van der Waals surface area contributed by atoms with Gasteiger partial charge in [0.25, 0.3) is 0 Å². The van der Waals surface area contributed by atoms with Crippen LogP contribution in [0.15, 0.2) is 41.6 Å². The van der Waals surface area contributed by atoms with Crippen molar-refractivity contribution >= 4 is 16.0 Å². The molecule has 1 aromatic carbocycles. The lowest BCUT2D eigenvalue weighted by Crippen LogP contribution is -2.23. The third kappa shape index (κ3) is 2.86. The molecule has 8 heteroatoms. The standard InChI is InChI=1S/C12H13N3O4S/c1-2-14-20(18,19)11-5-3-10(4-6-11)15-8-9(7-13-15)12(16)17/h3-8,14H,2H2,1H3,(H,16,17). The number of carbonyl (C=O) groups is 1. The number of benzene rings is 1. The molecule has 0 atom stereocenters. The largest absolute Gasteiger partial charge is 0.478 e. The molecule has 106 valence electrons. The van der Waals surface area contributed by atoms with Crippen LogP contribution in [0.25, 0.3) is 5.69 Å². The first kappa shape index (κ1) is 14.2. The Morgan fingerprint density at radius 2 is 2.00 bits per heavy atom. The van der Waals surface area contributed by atoms with Crippen molar-refractivity contribution in [3.05, 3.63) is 42.2 Å². The predicted molar refractivity (Wildman–Crippen MR) is 71.4 cm³/mol. The van der Waals surface area contributed by atoms with Gasteiger partial charge in [-0.25, -0.2) is 22.6 Å². The molecule has 0 bridgehead atoms. The lowest BCUT2D eigenvalue weighted by atomic mass is 10.3. The smallest absolute Gasteiger partial charge is 0.338 e. The van der Waals surface area contributed by atoms with Crippen LogP contribution in [0.3, 0.4) is 0 Å². The predicted octanol–water partition coefficient (Wildman–Crippen LogP) is 0.869. The number of carboxylic acids is 1. The molecule has 0 aliphatic heterocycles. The number of hydrogen-bond donors (Lipinski definition) is 2. The van der Waals surface area contributed by atoms with Crippen molar-refractivity contribution in [2.75, 3.05) is 6.54 Å². The van der Waals surface area contributed by atoms with E-state index in [0.29, 0.717) is 12.2 Å². The van der Waals surface area contributed by atoms with Crippen molar-refractivity contribution in [3.63, 3.8) is 0 Å². The molecule has 0 radical (unpaired) electrons. The van der Waals surface area contributed by atoms with E-state index in [2.05, 4.69) is 9.82 Å². The Morgan fingerprint density at radius 1 is 1.35 bits per heavy atom. The fourth-order valence-electron chi connectivity index (χ4n) is 1.63. The highest BCUT2D eigenvalue weighted by molar-refractivity contribution is 7.89. The van der Waals surface area contributed by atoms with Gasteiger partial charge in [-0.3, -0.25) is 0 Å². The Morgan fingerprint density at radius 3 is 2.50 bits per heavy atom. The second kappa shape index (κ2) is 5.43. The summed E-state index contributed by atoms with van der Waals surface area (Å²) in [7, 11) is -3.49. The number of aromatic carboxylic acids is 1. The maximum Gasteiger partial charge on any atom is 0.338 e. The average Bonchev–Trinajstić information content (AvgIpc) is 2.88. The van der Waals surface area contributed by atoms with Crippen LogP contribution >= 0.6 is 0 Å². The van der Waals surface area contributed by atoms with Crippen molar-refractivity contribution in [2.24, 2.45) is 0 Å². The summed E-state index contributed by atoms with van der Waals surface area (Å²) in [6, 6.07) is 6.00. The van der Waals surface area contributed by atoms with Crippen LogP contribution in [0.4, 0.5) is 0 Å². The van der Waals surface area contributed by atoms with Crippen molar-refractivity contribution in [2.45, 2.75) is 11.8 Å². The van der Waals surface area contributed by atoms with E-state index in [-0.39, 0.29) is 10.5 Å². The lowest BCUT2D eigenvalue weighted by Gasteiger charge is -2.06. The summed E-state index contributed by atoms with van der Waals surface area (Å²) in [4.78, 5) is 10.9. The Labute approximate surface area is 115 Å². The third-order valence-electron chi connectivity index (χ3n) is 2.58. The van der Waals surface area contributed by atoms with Gasteiger partial charge in [0.05, 0.1) is 22.3 Å². The summed E-state index contributed by atoms with van der Waals surface area (Å²) in [5.41, 5.74) is 0.641. The molecule has 7 nitrogen and oxygen atoms in total. The molecule has 0 saturated heterocycles. The van der Waals surface area contributed by atoms with Crippen LogP contribution in [-0.4, -0.2) is 35.8 Å². The van der Waals surface area contributed by atoms with Gasteiger partial charge in [0, 0.05) is 12.7 Å². The molecule has 0 amide bonds. The van der Waals surface area contributed by atoms with E-state index in [0.717, 1.165) is 0 Å². The second-order valence-corrected chi connectivity index (χ2v) is 5.74. The minimum absolute atomic E-state index is 0.0642. The van der Waals surface area contributed by atoms with Crippen LogP contribution in [0.5, 0.6) is 0 Å². The van der Waals surface area contributed by atoms with Crippen LogP contribution in [-0.2, 0) is 10.0 Å². The van der Waals surface area contributed by atoms with Gasteiger partial charge in [0.1, 0.15) is 0 Å². The van der Waals surface area contributed by atoms with E-state index < -0.39 is 16.0 Å². The van der Waals surface area contributed by atoms with Gasteiger partial charge in [0.2, 0.25) is 10.0 Å². The molecular formula is C12H13N3O4S. The molecule has 2 N–H and O–H groups in total. The quantitative estimate of drug-likeness (QED) is 0.852. The Balaban J connectivity index is 2.30. The molecule has 1 heterocycles.